The fourth-order valence-corrected chi connectivity index (χ4v) is 6.00. The zero-order valence-electron chi connectivity index (χ0n) is 19.6. The first-order chi connectivity index (χ1) is 16.7. The first kappa shape index (κ1) is 21.9. The zero-order chi connectivity index (χ0) is 22.8. The molecule has 3 aromatic heterocycles. The number of thiazole rings is 1. The van der Waals surface area contributed by atoms with Crippen molar-refractivity contribution in [3.05, 3.63) is 42.4 Å². The lowest BCUT2D eigenvalue weighted by molar-refractivity contribution is 0.114. The van der Waals surface area contributed by atoms with Crippen LogP contribution in [0.3, 0.4) is 0 Å². The fraction of sp³-hybridized carbons (Fsp3) is 0.538. The number of nitrogens with zero attached hydrogens (tertiary/aromatic N) is 5. The summed E-state index contributed by atoms with van der Waals surface area (Å²) in [6, 6.07) is 6.58. The summed E-state index contributed by atoms with van der Waals surface area (Å²) >= 11 is 1.56. The maximum absolute atomic E-state index is 6.14. The van der Waals surface area contributed by atoms with Crippen LogP contribution in [0.5, 0.6) is 6.01 Å². The van der Waals surface area contributed by atoms with E-state index in [0.29, 0.717) is 11.4 Å². The van der Waals surface area contributed by atoms with E-state index in [4.69, 9.17) is 4.74 Å². The molecule has 2 saturated carbocycles. The minimum absolute atomic E-state index is 0.240. The van der Waals surface area contributed by atoms with E-state index >= 15 is 0 Å². The number of anilines is 2. The smallest absolute Gasteiger partial charge is 0.317 e. The van der Waals surface area contributed by atoms with Crippen molar-refractivity contribution < 1.29 is 4.74 Å². The van der Waals surface area contributed by atoms with Gasteiger partial charge in [0, 0.05) is 25.1 Å². The zero-order valence-corrected chi connectivity index (χ0v) is 20.4. The second-order valence-corrected chi connectivity index (χ2v) is 11.1. The number of ether oxygens (including phenoxy) is 1. The lowest BCUT2D eigenvalue weighted by atomic mass is 9.85. The van der Waals surface area contributed by atoms with E-state index in [2.05, 4.69) is 36.2 Å². The summed E-state index contributed by atoms with van der Waals surface area (Å²) in [5.74, 6) is 0.806. The molecule has 34 heavy (non-hydrogen) atoms. The quantitative estimate of drug-likeness (QED) is 0.460. The van der Waals surface area contributed by atoms with Crippen LogP contribution in [0.4, 0.5) is 10.9 Å². The van der Waals surface area contributed by atoms with Crippen LogP contribution in [0.25, 0.3) is 10.6 Å². The molecule has 0 unspecified atom stereocenters. The third-order valence-corrected chi connectivity index (χ3v) is 8.46. The average Bonchev–Trinajstić information content (AvgIpc) is 3.47. The second kappa shape index (κ2) is 9.58. The molecule has 1 aliphatic heterocycles. The molecule has 0 bridgehead atoms. The van der Waals surface area contributed by atoms with E-state index in [0.717, 1.165) is 40.9 Å². The van der Waals surface area contributed by atoms with E-state index in [9.17, 15) is 0 Å². The highest BCUT2D eigenvalue weighted by atomic mass is 32.1. The Morgan fingerprint density at radius 1 is 0.971 bits per heavy atom. The first-order valence-corrected chi connectivity index (χ1v) is 13.5. The van der Waals surface area contributed by atoms with E-state index < -0.39 is 0 Å². The van der Waals surface area contributed by atoms with Crippen molar-refractivity contribution in [2.24, 2.45) is 5.41 Å². The lowest BCUT2D eigenvalue weighted by Crippen LogP contribution is -2.29. The molecule has 0 atom stereocenters. The molecule has 1 N–H and O–H groups in total. The second-order valence-electron chi connectivity index (χ2n) is 10.1. The van der Waals surface area contributed by atoms with E-state index in [-0.39, 0.29) is 6.10 Å². The van der Waals surface area contributed by atoms with Gasteiger partial charge in [0.05, 0.1) is 10.6 Å². The summed E-state index contributed by atoms with van der Waals surface area (Å²) in [4.78, 5) is 21.6. The summed E-state index contributed by atoms with van der Waals surface area (Å²) < 4.78 is 6.14. The van der Waals surface area contributed by atoms with Crippen molar-refractivity contribution in [1.29, 1.82) is 0 Å². The van der Waals surface area contributed by atoms with Crippen molar-refractivity contribution in [2.45, 2.75) is 70.4 Å². The molecule has 1 spiro atoms. The summed E-state index contributed by atoms with van der Waals surface area (Å²) in [7, 11) is 0. The van der Waals surface area contributed by atoms with Crippen LogP contribution in [0.2, 0.25) is 0 Å². The number of nitrogens with one attached hydrogen (secondary N) is 1. The molecular formula is C26H32N6OS. The Bertz CT molecular complexity index is 1100. The summed E-state index contributed by atoms with van der Waals surface area (Å²) in [5, 5.41) is 4.13. The van der Waals surface area contributed by atoms with Gasteiger partial charge in [0.1, 0.15) is 11.9 Å². The van der Waals surface area contributed by atoms with Crippen LogP contribution in [0, 0.1) is 5.41 Å². The van der Waals surface area contributed by atoms with Gasteiger partial charge in [-0.05, 0) is 87.6 Å². The van der Waals surface area contributed by atoms with Gasteiger partial charge in [-0.15, -0.1) is 0 Å². The number of aromatic nitrogens is 4. The van der Waals surface area contributed by atoms with Crippen molar-refractivity contribution in [2.75, 3.05) is 18.4 Å². The van der Waals surface area contributed by atoms with Gasteiger partial charge in [-0.25, -0.2) is 15.0 Å². The topological polar surface area (TPSA) is 76.1 Å². The molecule has 3 aromatic rings. The highest BCUT2D eigenvalue weighted by molar-refractivity contribution is 7.18. The Morgan fingerprint density at radius 2 is 1.82 bits per heavy atom. The van der Waals surface area contributed by atoms with Gasteiger partial charge in [0.15, 0.2) is 5.13 Å². The Kier molecular flexibility index (Phi) is 6.18. The van der Waals surface area contributed by atoms with Gasteiger partial charge < -0.3 is 10.1 Å². The highest BCUT2D eigenvalue weighted by Gasteiger charge is 2.45. The molecule has 3 fully saturated rings. The molecule has 3 aliphatic rings. The number of hydrogen-bond acceptors (Lipinski definition) is 8. The first-order valence-electron chi connectivity index (χ1n) is 12.6. The number of piperidine rings is 1. The van der Waals surface area contributed by atoms with Crippen molar-refractivity contribution in [3.63, 3.8) is 0 Å². The molecule has 1 saturated heterocycles. The average molecular weight is 477 g/mol. The van der Waals surface area contributed by atoms with Gasteiger partial charge in [0.25, 0.3) is 0 Å². The largest absolute Gasteiger partial charge is 0.460 e. The minimum atomic E-state index is 0.240. The Morgan fingerprint density at radius 3 is 2.59 bits per heavy atom. The van der Waals surface area contributed by atoms with Gasteiger partial charge in [-0.1, -0.05) is 23.8 Å². The highest BCUT2D eigenvalue weighted by Crippen LogP contribution is 2.56. The lowest BCUT2D eigenvalue weighted by Gasteiger charge is -2.28. The number of pyridine rings is 1. The van der Waals surface area contributed by atoms with Crippen molar-refractivity contribution in [1.82, 2.24) is 24.8 Å². The predicted molar refractivity (Wildman–Crippen MR) is 134 cm³/mol. The maximum atomic E-state index is 6.14. The molecule has 0 aromatic carbocycles. The van der Waals surface area contributed by atoms with Crippen LogP contribution >= 0.6 is 11.3 Å². The molecule has 0 radical (unpaired) electrons. The van der Waals surface area contributed by atoms with Gasteiger partial charge >= 0.3 is 6.01 Å². The molecule has 4 heterocycles. The van der Waals surface area contributed by atoms with E-state index in [1.807, 2.05) is 24.5 Å². The van der Waals surface area contributed by atoms with E-state index in [1.54, 1.807) is 17.5 Å². The van der Waals surface area contributed by atoms with E-state index in [1.165, 1.54) is 63.6 Å². The van der Waals surface area contributed by atoms with Crippen LogP contribution < -0.4 is 10.1 Å². The Hall–Kier alpha value is -2.58. The van der Waals surface area contributed by atoms with Crippen LogP contribution in [0.1, 0.15) is 63.4 Å². The number of rotatable bonds is 7. The van der Waals surface area contributed by atoms with Crippen LogP contribution in [-0.2, 0) is 6.54 Å². The fourth-order valence-electron chi connectivity index (χ4n) is 5.21. The molecule has 7 nitrogen and oxygen atoms in total. The molecule has 6 rings (SSSR count). The third-order valence-electron chi connectivity index (χ3n) is 7.53. The van der Waals surface area contributed by atoms with Gasteiger partial charge in [-0.2, -0.15) is 4.98 Å². The SMILES string of the molecule is c1cc(-c2cnc(Nc3ccc(CN4CCCCC4)cn3)s2)nc(OC2CCC3(CC2)CC3)n1. The maximum Gasteiger partial charge on any atom is 0.317 e. The normalized spacial score (nSPS) is 20.4. The third kappa shape index (κ3) is 5.23. The van der Waals surface area contributed by atoms with Gasteiger partial charge in [-0.3, -0.25) is 4.90 Å². The summed E-state index contributed by atoms with van der Waals surface area (Å²) in [6.45, 7) is 3.37. The minimum Gasteiger partial charge on any atom is -0.460 e. The number of likely N-dealkylation sites (tertiary alicyclic amines) is 1. The van der Waals surface area contributed by atoms with Crippen molar-refractivity contribution >= 4 is 22.3 Å². The summed E-state index contributed by atoms with van der Waals surface area (Å²) in [5.41, 5.74) is 2.76. The molecule has 178 valence electrons. The standard InChI is InChI=1S/C26H32N6OS/c1-2-14-32(15-3-1)18-19-4-5-23(28-16-19)31-25-29-17-22(34-25)21-8-13-27-24(30-21)33-20-6-9-26(10-7-20)11-12-26/h4-5,8,13,16-17,20H,1-3,6-7,9-12,14-15,18H2,(H,28,29,31). The molecule has 2 aliphatic carbocycles. The Balaban J connectivity index is 1.06. The van der Waals surface area contributed by atoms with Gasteiger partial charge in [0.2, 0.25) is 0 Å². The van der Waals surface area contributed by atoms with Crippen LogP contribution in [-0.4, -0.2) is 44.0 Å². The molecular weight excluding hydrogens is 444 g/mol. The summed E-state index contributed by atoms with van der Waals surface area (Å²) in [6.07, 6.45) is 17.4. The molecule has 8 heteroatoms. The predicted octanol–water partition coefficient (Wildman–Crippen LogP) is 5.83. The van der Waals surface area contributed by atoms with Crippen molar-refractivity contribution in [3.8, 4) is 16.6 Å². The Labute approximate surface area is 205 Å². The van der Waals surface area contributed by atoms with Crippen LogP contribution in [0.15, 0.2) is 36.8 Å². The number of hydrogen-bond donors (Lipinski definition) is 1. The molecule has 0 amide bonds. The monoisotopic (exact) mass is 476 g/mol.